The van der Waals surface area contributed by atoms with Gasteiger partial charge in [-0.1, -0.05) is 25.4 Å². The minimum absolute atomic E-state index is 0.0667. The fourth-order valence-corrected chi connectivity index (χ4v) is 3.41. The van der Waals surface area contributed by atoms with Gasteiger partial charge in [-0.25, -0.2) is 0 Å². The molecule has 0 aliphatic carbocycles. The Bertz CT molecular complexity index is 598. The summed E-state index contributed by atoms with van der Waals surface area (Å²) in [6.45, 7) is 9.34. The van der Waals surface area contributed by atoms with Crippen molar-refractivity contribution in [2.75, 3.05) is 39.4 Å². The molecule has 0 unspecified atom stereocenters. The first kappa shape index (κ1) is 17.4. The Morgan fingerprint density at radius 1 is 1.17 bits per heavy atom. The predicted octanol–water partition coefficient (Wildman–Crippen LogP) is 2.80. The molecule has 132 valence electrons. The van der Waals surface area contributed by atoms with Crippen LogP contribution >= 0.6 is 11.6 Å². The molecule has 0 atom stereocenters. The number of carbonyl (C=O) groups excluding carboxylic acids is 1. The largest absolute Gasteiger partial charge is 0.489 e. The quantitative estimate of drug-likeness (QED) is 0.839. The molecule has 24 heavy (non-hydrogen) atoms. The lowest BCUT2D eigenvalue weighted by atomic mass is 10.1. The Kier molecular flexibility index (Phi) is 5.51. The third kappa shape index (κ3) is 3.95. The van der Waals surface area contributed by atoms with Gasteiger partial charge in [0.05, 0.1) is 18.2 Å². The monoisotopic (exact) mass is 352 g/mol. The summed E-state index contributed by atoms with van der Waals surface area (Å²) < 4.78 is 11.4. The van der Waals surface area contributed by atoms with Crippen LogP contribution in [-0.2, 0) is 11.3 Å². The van der Waals surface area contributed by atoms with E-state index >= 15 is 0 Å². The maximum absolute atomic E-state index is 12.1. The smallest absolute Gasteiger partial charge is 0.225 e. The fourth-order valence-electron chi connectivity index (χ4n) is 3.13. The maximum Gasteiger partial charge on any atom is 0.225 e. The molecule has 2 heterocycles. The van der Waals surface area contributed by atoms with Crippen molar-refractivity contribution in [3.05, 3.63) is 22.7 Å². The van der Waals surface area contributed by atoms with Gasteiger partial charge in [-0.3, -0.25) is 9.69 Å². The van der Waals surface area contributed by atoms with Crippen LogP contribution in [-0.4, -0.2) is 55.1 Å². The Balaban J connectivity index is 1.62. The van der Waals surface area contributed by atoms with E-state index in [1.807, 2.05) is 30.9 Å². The van der Waals surface area contributed by atoms with E-state index < -0.39 is 0 Å². The Morgan fingerprint density at radius 2 is 1.88 bits per heavy atom. The molecule has 1 amide bonds. The molecular formula is C18H25ClN2O3. The molecule has 3 rings (SSSR count). The number of fused-ring (bicyclic) bond motifs is 1. The Labute approximate surface area is 148 Å². The molecule has 5 nitrogen and oxygen atoms in total. The van der Waals surface area contributed by atoms with E-state index in [0.717, 1.165) is 50.5 Å². The summed E-state index contributed by atoms with van der Waals surface area (Å²) >= 11 is 6.36. The summed E-state index contributed by atoms with van der Waals surface area (Å²) in [5.74, 6) is 1.71. The van der Waals surface area contributed by atoms with Crippen LogP contribution in [0.3, 0.4) is 0 Å². The van der Waals surface area contributed by atoms with Gasteiger partial charge in [-0.05, 0) is 17.7 Å². The fraction of sp³-hybridized carbons (Fsp3) is 0.611. The van der Waals surface area contributed by atoms with Crippen LogP contribution in [0, 0.1) is 5.92 Å². The zero-order chi connectivity index (χ0) is 17.1. The molecule has 0 saturated carbocycles. The van der Waals surface area contributed by atoms with Crippen LogP contribution in [0.2, 0.25) is 5.02 Å². The van der Waals surface area contributed by atoms with E-state index in [-0.39, 0.29) is 11.8 Å². The minimum atomic E-state index is 0.0667. The SMILES string of the molecule is CC(C)C(=O)N1CCN(Cc2cc(Cl)c3c(c2)OCCCO3)CC1. The molecule has 1 aromatic carbocycles. The molecule has 1 fully saturated rings. The molecule has 0 radical (unpaired) electrons. The van der Waals surface area contributed by atoms with Crippen molar-refractivity contribution in [2.24, 2.45) is 5.92 Å². The standard InChI is InChI=1S/C18H25ClN2O3/c1-13(2)18(22)21-6-4-20(5-7-21)12-14-10-15(19)17-16(11-14)23-8-3-9-24-17/h10-11,13H,3-9,12H2,1-2H3. The van der Waals surface area contributed by atoms with Crippen molar-refractivity contribution >= 4 is 17.5 Å². The summed E-state index contributed by atoms with van der Waals surface area (Å²) in [6.07, 6.45) is 0.867. The third-order valence-electron chi connectivity index (χ3n) is 4.45. The van der Waals surface area contributed by atoms with Gasteiger partial charge in [0, 0.05) is 45.1 Å². The second-order valence-electron chi connectivity index (χ2n) is 6.71. The topological polar surface area (TPSA) is 42.0 Å². The highest BCUT2D eigenvalue weighted by atomic mass is 35.5. The number of nitrogens with zero attached hydrogens (tertiary/aromatic N) is 2. The lowest BCUT2D eigenvalue weighted by Crippen LogP contribution is -2.49. The summed E-state index contributed by atoms with van der Waals surface area (Å²) in [5, 5.41) is 0.609. The van der Waals surface area contributed by atoms with Crippen molar-refractivity contribution in [1.29, 1.82) is 0 Å². The molecule has 1 saturated heterocycles. The maximum atomic E-state index is 12.1. The van der Waals surface area contributed by atoms with Gasteiger partial charge in [-0.15, -0.1) is 0 Å². The number of piperazine rings is 1. The second-order valence-corrected chi connectivity index (χ2v) is 7.12. The second kappa shape index (κ2) is 7.62. The van der Waals surface area contributed by atoms with E-state index in [1.54, 1.807) is 0 Å². The van der Waals surface area contributed by atoms with Gasteiger partial charge in [0.1, 0.15) is 0 Å². The molecule has 2 aliphatic rings. The van der Waals surface area contributed by atoms with Crippen LogP contribution in [0.25, 0.3) is 0 Å². The van der Waals surface area contributed by atoms with Gasteiger partial charge in [0.15, 0.2) is 11.5 Å². The lowest BCUT2D eigenvalue weighted by molar-refractivity contribution is -0.136. The van der Waals surface area contributed by atoms with Crippen molar-refractivity contribution in [3.8, 4) is 11.5 Å². The van der Waals surface area contributed by atoms with Crippen molar-refractivity contribution in [1.82, 2.24) is 9.80 Å². The van der Waals surface area contributed by atoms with Gasteiger partial charge >= 0.3 is 0 Å². The van der Waals surface area contributed by atoms with Crippen LogP contribution in [0.15, 0.2) is 12.1 Å². The number of rotatable bonds is 3. The van der Waals surface area contributed by atoms with E-state index in [1.165, 1.54) is 0 Å². The molecule has 6 heteroatoms. The average Bonchev–Trinajstić information content (AvgIpc) is 2.80. The summed E-state index contributed by atoms with van der Waals surface area (Å²) in [4.78, 5) is 16.4. The van der Waals surface area contributed by atoms with Crippen molar-refractivity contribution in [3.63, 3.8) is 0 Å². The number of hydrogen-bond acceptors (Lipinski definition) is 4. The molecular weight excluding hydrogens is 328 g/mol. The molecule has 0 N–H and O–H groups in total. The van der Waals surface area contributed by atoms with Crippen LogP contribution < -0.4 is 9.47 Å². The van der Waals surface area contributed by atoms with Crippen LogP contribution in [0.5, 0.6) is 11.5 Å². The Hall–Kier alpha value is -1.46. The first-order chi connectivity index (χ1) is 11.5. The number of carbonyl (C=O) groups is 1. The number of benzene rings is 1. The van der Waals surface area contributed by atoms with Gasteiger partial charge in [0.25, 0.3) is 0 Å². The van der Waals surface area contributed by atoms with E-state index in [2.05, 4.69) is 4.90 Å². The first-order valence-corrected chi connectivity index (χ1v) is 9.01. The molecule has 0 bridgehead atoms. The van der Waals surface area contributed by atoms with Gasteiger partial charge in [0.2, 0.25) is 5.91 Å². The summed E-state index contributed by atoms with van der Waals surface area (Å²) in [7, 11) is 0. The summed E-state index contributed by atoms with van der Waals surface area (Å²) in [6, 6.07) is 3.99. The number of ether oxygens (including phenoxy) is 2. The van der Waals surface area contributed by atoms with E-state index in [9.17, 15) is 4.79 Å². The molecule has 1 aromatic rings. The zero-order valence-corrected chi connectivity index (χ0v) is 15.1. The molecule has 0 spiro atoms. The van der Waals surface area contributed by atoms with Gasteiger partial charge in [-0.2, -0.15) is 0 Å². The normalized spacial score (nSPS) is 18.6. The lowest BCUT2D eigenvalue weighted by Gasteiger charge is -2.35. The number of amides is 1. The van der Waals surface area contributed by atoms with Crippen LogP contribution in [0.4, 0.5) is 0 Å². The highest BCUT2D eigenvalue weighted by Gasteiger charge is 2.23. The van der Waals surface area contributed by atoms with Gasteiger partial charge < -0.3 is 14.4 Å². The highest BCUT2D eigenvalue weighted by Crippen LogP contribution is 2.38. The van der Waals surface area contributed by atoms with Crippen molar-refractivity contribution in [2.45, 2.75) is 26.8 Å². The van der Waals surface area contributed by atoms with Crippen molar-refractivity contribution < 1.29 is 14.3 Å². The van der Waals surface area contributed by atoms with E-state index in [0.29, 0.717) is 24.0 Å². The summed E-state index contributed by atoms with van der Waals surface area (Å²) in [5.41, 5.74) is 1.12. The van der Waals surface area contributed by atoms with E-state index in [4.69, 9.17) is 21.1 Å². The Morgan fingerprint density at radius 3 is 2.58 bits per heavy atom. The minimum Gasteiger partial charge on any atom is -0.489 e. The zero-order valence-electron chi connectivity index (χ0n) is 14.4. The predicted molar refractivity (Wildman–Crippen MR) is 93.8 cm³/mol. The number of halogens is 1. The average molecular weight is 353 g/mol. The first-order valence-electron chi connectivity index (χ1n) is 8.64. The number of hydrogen-bond donors (Lipinski definition) is 0. The molecule has 0 aromatic heterocycles. The third-order valence-corrected chi connectivity index (χ3v) is 4.73. The molecule has 2 aliphatic heterocycles. The van der Waals surface area contributed by atoms with Crippen LogP contribution in [0.1, 0.15) is 25.8 Å². The highest BCUT2D eigenvalue weighted by molar-refractivity contribution is 6.32.